The maximum Gasteiger partial charge on any atom is 0.0118 e. The van der Waals surface area contributed by atoms with Gasteiger partial charge in [0, 0.05) is 5.92 Å². The molecule has 0 aliphatic heterocycles. The highest BCUT2D eigenvalue weighted by Crippen LogP contribution is 2.43. The zero-order valence-corrected chi connectivity index (χ0v) is 13.9. The van der Waals surface area contributed by atoms with E-state index < -0.39 is 0 Å². The quantitative estimate of drug-likeness (QED) is 0.622. The lowest BCUT2D eigenvalue weighted by Crippen LogP contribution is -2.23. The van der Waals surface area contributed by atoms with Gasteiger partial charge in [-0.25, -0.2) is 0 Å². The molecule has 0 bridgehead atoms. The molecule has 0 spiro atoms. The van der Waals surface area contributed by atoms with Crippen LogP contribution in [-0.2, 0) is 0 Å². The Morgan fingerprint density at radius 1 is 0.636 bits per heavy atom. The summed E-state index contributed by atoms with van der Waals surface area (Å²) < 4.78 is 0. The van der Waals surface area contributed by atoms with Crippen molar-refractivity contribution in [2.75, 3.05) is 0 Å². The summed E-state index contributed by atoms with van der Waals surface area (Å²) in [6.45, 7) is 4.77. The van der Waals surface area contributed by atoms with Gasteiger partial charge in [-0.1, -0.05) is 74.5 Å². The predicted octanol–water partition coefficient (Wildman–Crippen LogP) is 6.28. The number of benzene rings is 2. The van der Waals surface area contributed by atoms with Crippen LogP contribution in [0.2, 0.25) is 0 Å². The van der Waals surface area contributed by atoms with Crippen molar-refractivity contribution in [3.8, 4) is 0 Å². The molecule has 1 saturated carbocycles. The second-order valence-corrected chi connectivity index (χ2v) is 7.22. The highest BCUT2D eigenvalue weighted by molar-refractivity contribution is 5.33. The first-order valence-corrected chi connectivity index (χ1v) is 8.85. The van der Waals surface area contributed by atoms with E-state index in [1.54, 1.807) is 0 Å². The summed E-state index contributed by atoms with van der Waals surface area (Å²) in [6, 6.07) is 22.2. The molecule has 116 valence electrons. The zero-order valence-electron chi connectivity index (χ0n) is 13.9. The van der Waals surface area contributed by atoms with Crippen LogP contribution in [0.15, 0.2) is 60.7 Å². The van der Waals surface area contributed by atoms with Crippen LogP contribution in [0.25, 0.3) is 0 Å². The molecule has 3 rings (SSSR count). The highest BCUT2D eigenvalue weighted by atomic mass is 14.3. The zero-order chi connectivity index (χ0) is 15.4. The first-order valence-electron chi connectivity index (χ1n) is 8.85. The lowest BCUT2D eigenvalue weighted by molar-refractivity contribution is 0.212. The molecular formula is C22H28. The summed E-state index contributed by atoms with van der Waals surface area (Å²) in [5.41, 5.74) is 2.98. The smallest absolute Gasteiger partial charge is 0.0118 e. The molecule has 2 aromatic carbocycles. The Hall–Kier alpha value is -1.56. The number of rotatable bonds is 4. The van der Waals surface area contributed by atoms with Crippen molar-refractivity contribution in [1.29, 1.82) is 0 Å². The van der Waals surface area contributed by atoms with E-state index in [1.165, 1.54) is 36.8 Å². The van der Waals surface area contributed by atoms with Crippen LogP contribution >= 0.6 is 0 Å². The molecule has 1 fully saturated rings. The van der Waals surface area contributed by atoms with Crippen LogP contribution in [0, 0.1) is 17.8 Å². The molecule has 2 aromatic rings. The minimum Gasteiger partial charge on any atom is -0.0625 e. The summed E-state index contributed by atoms with van der Waals surface area (Å²) >= 11 is 0. The fourth-order valence-electron chi connectivity index (χ4n) is 4.20. The normalized spacial score (nSPS) is 22.2. The van der Waals surface area contributed by atoms with E-state index in [4.69, 9.17) is 0 Å². The average Bonchev–Trinajstić information content (AvgIpc) is 2.57. The molecule has 0 unspecified atom stereocenters. The van der Waals surface area contributed by atoms with Gasteiger partial charge in [0.05, 0.1) is 0 Å². The van der Waals surface area contributed by atoms with E-state index in [0.717, 1.165) is 17.8 Å². The first-order chi connectivity index (χ1) is 10.8. The number of hydrogen-bond donors (Lipinski definition) is 0. The van der Waals surface area contributed by atoms with Gasteiger partial charge in [0.15, 0.2) is 0 Å². The predicted molar refractivity (Wildman–Crippen MR) is 95.0 cm³/mol. The SMILES string of the molecule is CC(C)C1CCC(C(c2ccccc2)c2ccccc2)CC1. The van der Waals surface area contributed by atoms with Crippen LogP contribution in [0.3, 0.4) is 0 Å². The van der Waals surface area contributed by atoms with Gasteiger partial charge in [0.2, 0.25) is 0 Å². The van der Waals surface area contributed by atoms with Crippen molar-refractivity contribution in [2.24, 2.45) is 17.8 Å². The van der Waals surface area contributed by atoms with Gasteiger partial charge in [0.1, 0.15) is 0 Å². The van der Waals surface area contributed by atoms with E-state index in [9.17, 15) is 0 Å². The average molecular weight is 292 g/mol. The van der Waals surface area contributed by atoms with Gasteiger partial charge in [-0.15, -0.1) is 0 Å². The Balaban J connectivity index is 1.84. The van der Waals surface area contributed by atoms with Crippen molar-refractivity contribution in [3.05, 3.63) is 71.8 Å². The second-order valence-electron chi connectivity index (χ2n) is 7.22. The second kappa shape index (κ2) is 7.13. The van der Waals surface area contributed by atoms with Crippen LogP contribution in [-0.4, -0.2) is 0 Å². The molecule has 0 heterocycles. The van der Waals surface area contributed by atoms with Gasteiger partial charge < -0.3 is 0 Å². The minimum atomic E-state index is 0.565. The Labute approximate surface area is 135 Å². The van der Waals surface area contributed by atoms with E-state index in [0.29, 0.717) is 5.92 Å². The molecule has 0 radical (unpaired) electrons. The molecule has 0 amide bonds. The molecule has 22 heavy (non-hydrogen) atoms. The van der Waals surface area contributed by atoms with Crippen LogP contribution < -0.4 is 0 Å². The van der Waals surface area contributed by atoms with E-state index in [1.807, 2.05) is 0 Å². The third-order valence-corrected chi connectivity index (χ3v) is 5.55. The van der Waals surface area contributed by atoms with Crippen LogP contribution in [0.1, 0.15) is 56.6 Å². The molecule has 0 aromatic heterocycles. The van der Waals surface area contributed by atoms with Crippen molar-refractivity contribution in [3.63, 3.8) is 0 Å². The lowest BCUT2D eigenvalue weighted by atomic mass is 9.69. The van der Waals surface area contributed by atoms with E-state index in [-0.39, 0.29) is 0 Å². The lowest BCUT2D eigenvalue weighted by Gasteiger charge is -2.36. The molecule has 0 heteroatoms. The summed E-state index contributed by atoms with van der Waals surface area (Å²) in [7, 11) is 0. The molecule has 0 nitrogen and oxygen atoms in total. The largest absolute Gasteiger partial charge is 0.0625 e. The molecule has 0 N–H and O–H groups in total. The van der Waals surface area contributed by atoms with Crippen molar-refractivity contribution in [1.82, 2.24) is 0 Å². The van der Waals surface area contributed by atoms with Crippen LogP contribution in [0.4, 0.5) is 0 Å². The first kappa shape index (κ1) is 15.3. The summed E-state index contributed by atoms with van der Waals surface area (Å²) in [5.74, 6) is 3.13. The Morgan fingerprint density at radius 2 is 1.05 bits per heavy atom. The fourth-order valence-corrected chi connectivity index (χ4v) is 4.20. The van der Waals surface area contributed by atoms with Crippen molar-refractivity contribution in [2.45, 2.75) is 45.4 Å². The summed E-state index contributed by atoms with van der Waals surface area (Å²) in [4.78, 5) is 0. The van der Waals surface area contributed by atoms with Crippen molar-refractivity contribution < 1.29 is 0 Å². The van der Waals surface area contributed by atoms with E-state index in [2.05, 4.69) is 74.5 Å². The molecule has 1 aliphatic carbocycles. The Bertz CT molecular complexity index is 508. The van der Waals surface area contributed by atoms with Gasteiger partial charge in [0.25, 0.3) is 0 Å². The van der Waals surface area contributed by atoms with Gasteiger partial charge >= 0.3 is 0 Å². The summed E-state index contributed by atoms with van der Waals surface area (Å²) in [5, 5.41) is 0. The standard InChI is InChI=1S/C22H28/c1-17(2)18-13-15-21(16-14-18)22(19-9-5-3-6-10-19)20-11-7-4-8-12-20/h3-12,17-18,21-22H,13-16H2,1-2H3. The molecule has 0 atom stereocenters. The molecular weight excluding hydrogens is 264 g/mol. The maximum atomic E-state index is 2.39. The molecule has 0 saturated heterocycles. The molecule has 1 aliphatic rings. The Kier molecular flexibility index (Phi) is 4.97. The third-order valence-electron chi connectivity index (χ3n) is 5.55. The van der Waals surface area contributed by atoms with Gasteiger partial charge in [-0.3, -0.25) is 0 Å². The summed E-state index contributed by atoms with van der Waals surface area (Å²) in [6.07, 6.45) is 5.55. The topological polar surface area (TPSA) is 0 Å². The van der Waals surface area contributed by atoms with E-state index >= 15 is 0 Å². The van der Waals surface area contributed by atoms with Gasteiger partial charge in [-0.05, 0) is 54.6 Å². The fraction of sp³-hybridized carbons (Fsp3) is 0.455. The Morgan fingerprint density at radius 3 is 1.45 bits per heavy atom. The maximum absolute atomic E-state index is 2.39. The minimum absolute atomic E-state index is 0.565. The van der Waals surface area contributed by atoms with Crippen LogP contribution in [0.5, 0.6) is 0 Å². The number of hydrogen-bond acceptors (Lipinski definition) is 0. The van der Waals surface area contributed by atoms with Crippen molar-refractivity contribution >= 4 is 0 Å². The monoisotopic (exact) mass is 292 g/mol. The highest BCUT2D eigenvalue weighted by Gasteiger charge is 2.30. The third kappa shape index (κ3) is 3.43. The van der Waals surface area contributed by atoms with Gasteiger partial charge in [-0.2, -0.15) is 0 Å².